The van der Waals surface area contributed by atoms with Crippen molar-refractivity contribution in [2.45, 2.75) is 11.8 Å². The molecule has 0 radical (unpaired) electrons. The highest BCUT2D eigenvalue weighted by molar-refractivity contribution is 9.10. The molecule has 1 heterocycles. The van der Waals surface area contributed by atoms with Gasteiger partial charge in [0.25, 0.3) is 10.0 Å². The Morgan fingerprint density at radius 3 is 2.60 bits per heavy atom. The fourth-order valence-corrected chi connectivity index (χ4v) is 4.05. The number of hydrogen-bond acceptors (Lipinski definition) is 4. The van der Waals surface area contributed by atoms with E-state index in [1.165, 1.54) is 16.8 Å². The van der Waals surface area contributed by atoms with Gasteiger partial charge in [0, 0.05) is 23.8 Å². The molecule has 0 unspecified atom stereocenters. The second kappa shape index (κ2) is 5.27. The average Bonchev–Trinajstić information content (AvgIpc) is 2.61. The van der Waals surface area contributed by atoms with Crippen LogP contribution in [0.2, 0.25) is 5.02 Å². The van der Waals surface area contributed by atoms with Gasteiger partial charge in [0.2, 0.25) is 0 Å². The van der Waals surface area contributed by atoms with Gasteiger partial charge in [0.15, 0.2) is 0 Å². The van der Waals surface area contributed by atoms with Crippen molar-refractivity contribution < 1.29 is 8.42 Å². The third kappa shape index (κ3) is 2.92. The highest BCUT2D eigenvalue weighted by atomic mass is 79.9. The van der Waals surface area contributed by atoms with Gasteiger partial charge in [-0.2, -0.15) is 5.10 Å². The van der Waals surface area contributed by atoms with Crippen molar-refractivity contribution in [3.8, 4) is 0 Å². The zero-order chi connectivity index (χ0) is 15.1. The van der Waals surface area contributed by atoms with E-state index >= 15 is 0 Å². The SMILES string of the molecule is Cc1cc(NS(=O)(=O)c2cc(Cl)cc(N)c2Br)n(C)n1. The number of benzene rings is 1. The molecule has 0 aliphatic heterocycles. The van der Waals surface area contributed by atoms with Crippen molar-refractivity contribution in [1.29, 1.82) is 0 Å². The third-order valence-corrected chi connectivity index (χ3v) is 5.31. The predicted molar refractivity (Wildman–Crippen MR) is 82.3 cm³/mol. The van der Waals surface area contributed by atoms with Gasteiger partial charge in [0.1, 0.15) is 10.7 Å². The molecule has 0 aliphatic rings. The minimum atomic E-state index is -3.82. The monoisotopic (exact) mass is 378 g/mol. The third-order valence-electron chi connectivity index (χ3n) is 2.56. The number of aromatic nitrogens is 2. The molecule has 1 aromatic carbocycles. The summed E-state index contributed by atoms with van der Waals surface area (Å²) in [5, 5.41) is 4.32. The van der Waals surface area contributed by atoms with Gasteiger partial charge in [-0.05, 0) is 35.0 Å². The molecule has 2 rings (SSSR count). The van der Waals surface area contributed by atoms with Crippen LogP contribution in [-0.2, 0) is 17.1 Å². The van der Waals surface area contributed by atoms with Crippen LogP contribution in [0, 0.1) is 6.92 Å². The van der Waals surface area contributed by atoms with Crippen LogP contribution in [0.3, 0.4) is 0 Å². The summed E-state index contributed by atoms with van der Waals surface area (Å²) in [4.78, 5) is -0.0265. The Morgan fingerprint density at radius 1 is 1.40 bits per heavy atom. The summed E-state index contributed by atoms with van der Waals surface area (Å²) in [6.45, 7) is 1.77. The van der Waals surface area contributed by atoms with Gasteiger partial charge in [-0.25, -0.2) is 8.42 Å². The van der Waals surface area contributed by atoms with E-state index in [2.05, 4.69) is 25.8 Å². The number of halogens is 2. The van der Waals surface area contributed by atoms with Crippen molar-refractivity contribution in [2.24, 2.45) is 7.05 Å². The molecule has 0 saturated carbocycles. The quantitative estimate of drug-likeness (QED) is 0.802. The van der Waals surface area contributed by atoms with Crippen LogP contribution in [-0.4, -0.2) is 18.2 Å². The summed E-state index contributed by atoms with van der Waals surface area (Å²) in [5.74, 6) is 0.355. The Kier molecular flexibility index (Phi) is 3.99. The molecule has 3 N–H and O–H groups in total. The van der Waals surface area contributed by atoms with Crippen molar-refractivity contribution in [1.82, 2.24) is 9.78 Å². The van der Waals surface area contributed by atoms with E-state index in [1.807, 2.05) is 0 Å². The summed E-state index contributed by atoms with van der Waals surface area (Å²) in [7, 11) is -2.18. The number of nitrogens with one attached hydrogen (secondary N) is 1. The number of nitrogen functional groups attached to an aromatic ring is 1. The zero-order valence-electron chi connectivity index (χ0n) is 10.7. The average molecular weight is 380 g/mol. The molecule has 0 spiro atoms. The van der Waals surface area contributed by atoms with Crippen LogP contribution in [0.5, 0.6) is 0 Å². The summed E-state index contributed by atoms with van der Waals surface area (Å²) in [5.41, 5.74) is 6.66. The zero-order valence-corrected chi connectivity index (χ0v) is 13.8. The number of nitrogens with two attached hydrogens (primary N) is 1. The van der Waals surface area contributed by atoms with Crippen molar-refractivity contribution in [2.75, 3.05) is 10.5 Å². The highest BCUT2D eigenvalue weighted by Gasteiger charge is 2.21. The minimum Gasteiger partial charge on any atom is -0.398 e. The molecule has 0 atom stereocenters. The lowest BCUT2D eigenvalue weighted by atomic mass is 10.3. The number of hydrogen-bond donors (Lipinski definition) is 2. The van der Waals surface area contributed by atoms with Crippen LogP contribution in [0.25, 0.3) is 0 Å². The van der Waals surface area contributed by atoms with Crippen LogP contribution >= 0.6 is 27.5 Å². The van der Waals surface area contributed by atoms with Gasteiger partial charge >= 0.3 is 0 Å². The van der Waals surface area contributed by atoms with Gasteiger partial charge in [0.05, 0.1) is 10.2 Å². The molecule has 0 saturated heterocycles. The summed E-state index contributed by atoms with van der Waals surface area (Å²) < 4.78 is 28.9. The molecule has 108 valence electrons. The predicted octanol–water partition coefficient (Wildman–Crippen LogP) is 2.53. The maximum Gasteiger partial charge on any atom is 0.264 e. The molecular formula is C11H12BrClN4O2S. The van der Waals surface area contributed by atoms with Crippen LogP contribution < -0.4 is 10.5 Å². The minimum absolute atomic E-state index is 0.0265. The maximum absolute atomic E-state index is 12.4. The van der Waals surface area contributed by atoms with Crippen LogP contribution in [0.1, 0.15) is 5.69 Å². The topological polar surface area (TPSA) is 90.0 Å². The lowest BCUT2D eigenvalue weighted by Crippen LogP contribution is -2.16. The van der Waals surface area contributed by atoms with E-state index in [-0.39, 0.29) is 20.1 Å². The van der Waals surface area contributed by atoms with Crippen molar-refractivity contribution in [3.05, 3.63) is 33.4 Å². The normalized spacial score (nSPS) is 11.6. The second-order valence-electron chi connectivity index (χ2n) is 4.21. The van der Waals surface area contributed by atoms with Crippen LogP contribution in [0.15, 0.2) is 27.6 Å². The Balaban J connectivity index is 2.49. The number of rotatable bonds is 3. The number of nitrogens with zero attached hydrogens (tertiary/aromatic N) is 2. The standard InChI is InChI=1S/C11H12BrClN4O2S/c1-6-3-10(17(2)15-6)16-20(18,19)9-5-7(13)4-8(14)11(9)12/h3-5,16H,14H2,1-2H3. The van der Waals surface area contributed by atoms with E-state index in [1.54, 1.807) is 20.0 Å². The summed E-state index contributed by atoms with van der Waals surface area (Å²) >= 11 is 9.02. The Labute approximate surface area is 130 Å². The molecule has 9 heteroatoms. The van der Waals surface area contributed by atoms with Gasteiger partial charge < -0.3 is 5.73 Å². The van der Waals surface area contributed by atoms with Crippen molar-refractivity contribution in [3.63, 3.8) is 0 Å². The fourth-order valence-electron chi connectivity index (χ4n) is 1.68. The first-order valence-electron chi connectivity index (χ1n) is 5.48. The summed E-state index contributed by atoms with van der Waals surface area (Å²) in [6.07, 6.45) is 0. The van der Waals surface area contributed by atoms with E-state index in [4.69, 9.17) is 17.3 Å². The second-order valence-corrected chi connectivity index (χ2v) is 7.09. The van der Waals surface area contributed by atoms with E-state index in [9.17, 15) is 8.42 Å². The first kappa shape index (κ1) is 15.1. The van der Waals surface area contributed by atoms with Gasteiger partial charge in [-0.15, -0.1) is 0 Å². The molecule has 0 fully saturated rings. The number of anilines is 2. The molecule has 2 aromatic rings. The summed E-state index contributed by atoms with van der Waals surface area (Å²) in [6, 6.07) is 4.42. The largest absolute Gasteiger partial charge is 0.398 e. The lowest BCUT2D eigenvalue weighted by Gasteiger charge is -2.11. The molecular weight excluding hydrogens is 368 g/mol. The smallest absolute Gasteiger partial charge is 0.264 e. The fraction of sp³-hybridized carbons (Fsp3) is 0.182. The van der Waals surface area contributed by atoms with E-state index in [0.29, 0.717) is 11.5 Å². The molecule has 0 bridgehead atoms. The Bertz CT molecular complexity index is 773. The highest BCUT2D eigenvalue weighted by Crippen LogP contribution is 2.32. The van der Waals surface area contributed by atoms with E-state index in [0.717, 1.165) is 0 Å². The number of aryl methyl sites for hydroxylation is 2. The molecule has 1 aromatic heterocycles. The Morgan fingerprint density at radius 2 is 2.05 bits per heavy atom. The maximum atomic E-state index is 12.4. The number of sulfonamides is 1. The molecule has 0 amide bonds. The van der Waals surface area contributed by atoms with Crippen molar-refractivity contribution >= 4 is 49.1 Å². The van der Waals surface area contributed by atoms with E-state index < -0.39 is 10.0 Å². The Hall–Kier alpha value is -1.25. The first-order valence-corrected chi connectivity index (χ1v) is 8.14. The molecule has 6 nitrogen and oxygen atoms in total. The molecule has 0 aliphatic carbocycles. The van der Waals surface area contributed by atoms with Crippen LogP contribution in [0.4, 0.5) is 11.5 Å². The molecule has 20 heavy (non-hydrogen) atoms. The van der Waals surface area contributed by atoms with Gasteiger partial charge in [-0.1, -0.05) is 11.6 Å². The lowest BCUT2D eigenvalue weighted by molar-refractivity contribution is 0.600. The first-order chi connectivity index (χ1) is 9.20. The van der Waals surface area contributed by atoms with Gasteiger partial charge in [-0.3, -0.25) is 9.40 Å².